The lowest BCUT2D eigenvalue weighted by Gasteiger charge is -2.06. The van der Waals surface area contributed by atoms with Crippen molar-refractivity contribution < 1.29 is 4.74 Å². The van der Waals surface area contributed by atoms with Gasteiger partial charge >= 0.3 is 0 Å². The Morgan fingerprint density at radius 3 is 2.70 bits per heavy atom. The maximum Gasteiger partial charge on any atom is 0.219 e. The summed E-state index contributed by atoms with van der Waals surface area (Å²) in [6.07, 6.45) is 0.884. The van der Waals surface area contributed by atoms with Gasteiger partial charge in [-0.2, -0.15) is 0 Å². The minimum Gasteiger partial charge on any atom is -0.439 e. The average molecular weight is 263 g/mol. The minimum atomic E-state index is 0.593. The van der Waals surface area contributed by atoms with Gasteiger partial charge in [0, 0.05) is 11.5 Å². The number of hydrogen-bond acceptors (Lipinski definition) is 3. The Morgan fingerprint density at radius 2 is 1.90 bits per heavy atom. The maximum atomic E-state index is 5.71. The molecule has 0 spiro atoms. The molecule has 0 saturated heterocycles. The molecule has 0 unspecified atom stereocenters. The maximum absolute atomic E-state index is 5.71. The number of benzene rings is 2. The lowest BCUT2D eigenvalue weighted by Crippen LogP contribution is -2.02. The Bertz CT molecular complexity index is 711. The Hall–Kier alpha value is -2.39. The van der Waals surface area contributed by atoms with E-state index < -0.39 is 0 Å². The summed E-state index contributed by atoms with van der Waals surface area (Å²) in [6.45, 7) is 0.658. The second-order valence-electron chi connectivity index (χ2n) is 4.55. The predicted molar refractivity (Wildman–Crippen MR) is 79.9 cm³/mol. The highest BCUT2D eigenvalue weighted by atomic mass is 16.5. The van der Waals surface area contributed by atoms with Crippen molar-refractivity contribution >= 4 is 10.9 Å². The number of hydrogen-bond donors (Lipinski definition) is 1. The second-order valence-corrected chi connectivity index (χ2v) is 4.55. The number of ether oxygens (including phenoxy) is 1. The molecule has 3 nitrogen and oxygen atoms in total. The fourth-order valence-corrected chi connectivity index (χ4v) is 2.10. The van der Waals surface area contributed by atoms with E-state index in [1.165, 1.54) is 5.56 Å². The summed E-state index contributed by atoms with van der Waals surface area (Å²) < 4.78 is 5.71. The van der Waals surface area contributed by atoms with Crippen LogP contribution in [0.4, 0.5) is 0 Å². The molecule has 1 aromatic heterocycles. The highest BCUT2D eigenvalue weighted by Gasteiger charge is 2.02. The quantitative estimate of drug-likeness (QED) is 0.785. The first kappa shape index (κ1) is 12.6. The van der Waals surface area contributed by atoms with Gasteiger partial charge < -0.3 is 10.5 Å². The molecular weight excluding hydrogens is 248 g/mol. The van der Waals surface area contributed by atoms with Crippen LogP contribution in [0.5, 0.6) is 11.6 Å². The molecule has 3 heteroatoms. The molecule has 0 aliphatic heterocycles. The van der Waals surface area contributed by atoms with Crippen molar-refractivity contribution in [3.8, 4) is 11.6 Å². The number of nitrogens with zero attached hydrogens (tertiary/aromatic N) is 1. The lowest BCUT2D eigenvalue weighted by molar-refractivity contribution is 0.465. The Labute approximate surface area is 118 Å². The van der Waals surface area contributed by atoms with Crippen LogP contribution in [0.25, 0.3) is 10.9 Å². The van der Waals surface area contributed by atoms with Crippen LogP contribution in [0.15, 0.2) is 54.6 Å². The Balaban J connectivity index is 1.89. The molecule has 0 atom stereocenters. The Morgan fingerprint density at radius 1 is 1.05 bits per heavy atom. The van der Waals surface area contributed by atoms with Gasteiger partial charge in [0.1, 0.15) is 5.75 Å². The van der Waals surface area contributed by atoms with Crippen molar-refractivity contribution in [3.05, 3.63) is 66.2 Å². The third kappa shape index (κ3) is 2.78. The van der Waals surface area contributed by atoms with Gasteiger partial charge in [-0.1, -0.05) is 18.2 Å². The molecule has 0 bridgehead atoms. The predicted octanol–water partition coefficient (Wildman–Crippen LogP) is 3.33. The van der Waals surface area contributed by atoms with Crippen LogP contribution < -0.4 is 10.5 Å². The van der Waals surface area contributed by atoms with E-state index in [9.17, 15) is 0 Å². The fraction of sp³-hybridized carbons (Fsp3) is 0.118. The molecule has 0 aliphatic carbocycles. The monoisotopic (exact) mass is 263 g/mol. The van der Waals surface area contributed by atoms with Crippen molar-refractivity contribution in [2.45, 2.75) is 6.42 Å². The van der Waals surface area contributed by atoms with E-state index in [1.54, 1.807) is 0 Å². The molecule has 20 heavy (non-hydrogen) atoms. The molecule has 0 aliphatic rings. The number of fused-ring (bicyclic) bond motifs is 1. The van der Waals surface area contributed by atoms with Gasteiger partial charge in [-0.05, 0) is 54.9 Å². The van der Waals surface area contributed by atoms with E-state index in [4.69, 9.17) is 10.5 Å². The molecule has 1 heterocycles. The summed E-state index contributed by atoms with van der Waals surface area (Å²) in [5, 5.41) is 1.10. The zero-order chi connectivity index (χ0) is 13.8. The van der Waals surface area contributed by atoms with Crippen molar-refractivity contribution in [1.29, 1.82) is 0 Å². The summed E-state index contributed by atoms with van der Waals surface area (Å²) in [4.78, 5) is 4.51. The van der Waals surface area contributed by atoms with E-state index in [-0.39, 0.29) is 0 Å². The summed E-state index contributed by atoms with van der Waals surface area (Å²) >= 11 is 0. The number of nitrogens with two attached hydrogens (primary N) is 1. The molecule has 2 aromatic carbocycles. The molecule has 0 amide bonds. The summed E-state index contributed by atoms with van der Waals surface area (Å²) in [5.74, 6) is 1.35. The minimum absolute atomic E-state index is 0.593. The highest BCUT2D eigenvalue weighted by molar-refractivity contribution is 5.79. The molecule has 3 aromatic rings. The van der Waals surface area contributed by atoms with Crippen LogP contribution in [0.1, 0.15) is 5.56 Å². The first-order valence-corrected chi connectivity index (χ1v) is 6.59. The van der Waals surface area contributed by atoms with Crippen LogP contribution >= 0.6 is 0 Å². The van der Waals surface area contributed by atoms with E-state index in [0.29, 0.717) is 12.4 Å². The Kier molecular flexibility index (Phi) is 3.61. The smallest absolute Gasteiger partial charge is 0.219 e. The van der Waals surface area contributed by atoms with Gasteiger partial charge in [0.05, 0.1) is 5.52 Å². The average Bonchev–Trinajstić information content (AvgIpc) is 2.49. The standard InChI is InChI=1S/C17H15N2O/c18-11-10-13-6-8-16-14(12-13)7-9-17(19-16)20-15-4-2-1-3-5-15/h2-9,12H,10-11,18H2. The summed E-state index contributed by atoms with van der Waals surface area (Å²) in [7, 11) is 0. The highest BCUT2D eigenvalue weighted by Crippen LogP contribution is 2.22. The lowest BCUT2D eigenvalue weighted by atomic mass is 10.1. The largest absolute Gasteiger partial charge is 0.439 e. The van der Waals surface area contributed by atoms with Crippen molar-refractivity contribution in [1.82, 2.24) is 4.98 Å². The summed E-state index contributed by atoms with van der Waals surface area (Å²) in [6, 6.07) is 20.4. The molecule has 1 radical (unpaired) electrons. The van der Waals surface area contributed by atoms with Gasteiger partial charge in [0.15, 0.2) is 0 Å². The van der Waals surface area contributed by atoms with Crippen LogP contribution in [0.2, 0.25) is 0 Å². The molecule has 0 fully saturated rings. The summed E-state index contributed by atoms with van der Waals surface area (Å²) in [5.41, 5.74) is 7.73. The molecule has 0 saturated carbocycles. The number of aromatic nitrogens is 1. The van der Waals surface area contributed by atoms with Gasteiger partial charge in [-0.25, -0.2) is 4.98 Å². The third-order valence-electron chi connectivity index (χ3n) is 3.07. The normalized spacial score (nSPS) is 10.7. The first-order chi connectivity index (χ1) is 9.85. The van der Waals surface area contributed by atoms with E-state index in [0.717, 1.165) is 23.1 Å². The molecule has 3 rings (SSSR count). The van der Waals surface area contributed by atoms with E-state index in [1.807, 2.05) is 42.5 Å². The SMILES string of the molecule is NCCc1ccc2nc(Oc3cc[c]cc3)ccc2c1. The second kappa shape index (κ2) is 5.72. The third-order valence-corrected chi connectivity index (χ3v) is 3.07. The van der Waals surface area contributed by atoms with Crippen LogP contribution in [0.3, 0.4) is 0 Å². The number of rotatable bonds is 4. The first-order valence-electron chi connectivity index (χ1n) is 6.59. The topological polar surface area (TPSA) is 48.1 Å². The molecule has 2 N–H and O–H groups in total. The number of pyridine rings is 1. The zero-order valence-corrected chi connectivity index (χ0v) is 11.0. The van der Waals surface area contributed by atoms with Gasteiger partial charge in [-0.3, -0.25) is 0 Å². The molecule has 99 valence electrons. The van der Waals surface area contributed by atoms with E-state index in [2.05, 4.69) is 23.2 Å². The van der Waals surface area contributed by atoms with Gasteiger partial charge in [-0.15, -0.1) is 0 Å². The molecular formula is C17H15N2O. The van der Waals surface area contributed by atoms with Crippen LogP contribution in [-0.4, -0.2) is 11.5 Å². The van der Waals surface area contributed by atoms with Crippen LogP contribution in [-0.2, 0) is 6.42 Å². The van der Waals surface area contributed by atoms with Crippen molar-refractivity contribution in [3.63, 3.8) is 0 Å². The van der Waals surface area contributed by atoms with Crippen molar-refractivity contribution in [2.24, 2.45) is 5.73 Å². The fourth-order valence-electron chi connectivity index (χ4n) is 2.10. The van der Waals surface area contributed by atoms with Gasteiger partial charge in [0.25, 0.3) is 0 Å². The van der Waals surface area contributed by atoms with Crippen LogP contribution in [0, 0.1) is 6.07 Å². The van der Waals surface area contributed by atoms with Crippen molar-refractivity contribution in [2.75, 3.05) is 6.54 Å². The van der Waals surface area contributed by atoms with E-state index >= 15 is 0 Å². The van der Waals surface area contributed by atoms with Gasteiger partial charge in [0.2, 0.25) is 5.88 Å². The zero-order valence-electron chi connectivity index (χ0n) is 11.0.